The molecule has 0 saturated heterocycles. The molecule has 0 fully saturated rings. The molecule has 0 aliphatic rings. The number of nitrogens with two attached hydrogens (primary N) is 1. The zero-order chi connectivity index (χ0) is 20.7. The Morgan fingerprint density at radius 3 is 1.93 bits per heavy atom. The Morgan fingerprint density at radius 1 is 0.893 bits per heavy atom. The maximum atomic E-state index is 12.3. The van der Waals surface area contributed by atoms with Crippen LogP contribution in [0.3, 0.4) is 0 Å². The molecule has 2 aromatic carbocycles. The third-order valence-corrected chi connectivity index (χ3v) is 3.69. The molecule has 0 aliphatic carbocycles. The molecule has 0 atom stereocenters. The van der Waals surface area contributed by atoms with E-state index >= 15 is 0 Å². The quantitative estimate of drug-likeness (QED) is 0.658. The van der Waals surface area contributed by atoms with Gasteiger partial charge in [0.25, 0.3) is 5.91 Å². The first-order valence-electron chi connectivity index (χ1n) is 8.06. The summed E-state index contributed by atoms with van der Waals surface area (Å²) in [6.45, 7) is -0.507. The summed E-state index contributed by atoms with van der Waals surface area (Å²) in [5.74, 6) is -0.956. The number of carbonyl (C=O) groups is 3. The number of rotatable bonds is 8. The topological polar surface area (TPSA) is 126 Å². The molecule has 0 unspecified atom stereocenters. The van der Waals surface area contributed by atoms with Gasteiger partial charge in [0.1, 0.15) is 0 Å². The van der Waals surface area contributed by atoms with E-state index in [4.69, 9.17) is 24.7 Å². The number of anilines is 1. The van der Waals surface area contributed by atoms with Crippen LogP contribution in [0.2, 0.25) is 0 Å². The van der Waals surface area contributed by atoms with Crippen molar-refractivity contribution in [3.63, 3.8) is 0 Å². The zero-order valence-corrected chi connectivity index (χ0v) is 15.6. The second kappa shape index (κ2) is 9.26. The van der Waals surface area contributed by atoms with Gasteiger partial charge in [0.05, 0.1) is 26.9 Å². The molecular weight excluding hydrogens is 368 g/mol. The van der Waals surface area contributed by atoms with Gasteiger partial charge >= 0.3 is 5.97 Å². The standard InChI is InChI=1S/C19H20N2O7/c1-25-14-8-12(9-15(26-2)17(14)27-3)19(24)28-10-16(22)21-13-6-4-11(5-7-13)18(20)23/h4-9H,10H2,1-3H3,(H2,20,23)(H,21,22). The number of nitrogens with one attached hydrogen (secondary N) is 1. The summed E-state index contributed by atoms with van der Waals surface area (Å²) in [7, 11) is 4.28. The van der Waals surface area contributed by atoms with Crippen LogP contribution in [-0.2, 0) is 9.53 Å². The minimum atomic E-state index is -0.738. The lowest BCUT2D eigenvalue weighted by molar-refractivity contribution is -0.119. The molecule has 9 heteroatoms. The van der Waals surface area contributed by atoms with Crippen LogP contribution in [0.25, 0.3) is 0 Å². The number of esters is 1. The fourth-order valence-electron chi connectivity index (χ4n) is 2.33. The number of hydrogen-bond donors (Lipinski definition) is 2. The van der Waals surface area contributed by atoms with Crippen LogP contribution in [0.15, 0.2) is 36.4 Å². The van der Waals surface area contributed by atoms with Crippen LogP contribution in [-0.4, -0.2) is 45.7 Å². The number of hydrogen-bond acceptors (Lipinski definition) is 7. The van der Waals surface area contributed by atoms with E-state index < -0.39 is 24.4 Å². The van der Waals surface area contributed by atoms with E-state index in [1.165, 1.54) is 57.7 Å². The summed E-state index contributed by atoms with van der Waals surface area (Å²) in [4.78, 5) is 35.2. The molecule has 2 rings (SSSR count). The smallest absolute Gasteiger partial charge is 0.338 e. The van der Waals surface area contributed by atoms with Crippen molar-refractivity contribution < 1.29 is 33.3 Å². The number of benzene rings is 2. The first-order chi connectivity index (χ1) is 13.4. The fourth-order valence-corrected chi connectivity index (χ4v) is 2.33. The third-order valence-electron chi connectivity index (χ3n) is 3.69. The molecule has 0 bridgehead atoms. The summed E-state index contributed by atoms with van der Waals surface area (Å²) in [5.41, 5.74) is 6.03. The van der Waals surface area contributed by atoms with Gasteiger partial charge in [0.2, 0.25) is 11.7 Å². The Hall–Kier alpha value is -3.75. The maximum Gasteiger partial charge on any atom is 0.338 e. The molecule has 0 saturated carbocycles. The Morgan fingerprint density at radius 2 is 1.46 bits per heavy atom. The minimum absolute atomic E-state index is 0.133. The van der Waals surface area contributed by atoms with E-state index in [1.807, 2.05) is 0 Å². The van der Waals surface area contributed by atoms with Gasteiger partial charge in [-0.2, -0.15) is 0 Å². The highest BCUT2D eigenvalue weighted by Gasteiger charge is 2.18. The van der Waals surface area contributed by atoms with Gasteiger partial charge in [-0.25, -0.2) is 4.79 Å². The van der Waals surface area contributed by atoms with Crippen molar-refractivity contribution in [3.8, 4) is 17.2 Å². The molecule has 0 aromatic heterocycles. The molecule has 28 heavy (non-hydrogen) atoms. The van der Waals surface area contributed by atoms with Crippen LogP contribution in [0.1, 0.15) is 20.7 Å². The summed E-state index contributed by atoms with van der Waals surface area (Å²) < 4.78 is 20.6. The van der Waals surface area contributed by atoms with Gasteiger partial charge in [-0.1, -0.05) is 0 Å². The van der Waals surface area contributed by atoms with Gasteiger partial charge < -0.3 is 30.0 Å². The lowest BCUT2D eigenvalue weighted by Crippen LogP contribution is -2.21. The molecule has 0 radical (unpaired) electrons. The fraction of sp³-hybridized carbons (Fsp3) is 0.211. The molecule has 0 spiro atoms. The van der Waals surface area contributed by atoms with E-state index in [0.717, 1.165) is 0 Å². The molecule has 9 nitrogen and oxygen atoms in total. The molecule has 0 heterocycles. The SMILES string of the molecule is COc1cc(C(=O)OCC(=O)Nc2ccc(C(N)=O)cc2)cc(OC)c1OC. The third kappa shape index (κ3) is 4.91. The van der Waals surface area contributed by atoms with Gasteiger partial charge in [-0.05, 0) is 36.4 Å². The van der Waals surface area contributed by atoms with Crippen molar-refractivity contribution >= 4 is 23.5 Å². The van der Waals surface area contributed by atoms with Crippen molar-refractivity contribution in [1.82, 2.24) is 0 Å². The Kier molecular flexibility index (Phi) is 6.80. The first kappa shape index (κ1) is 20.6. The van der Waals surface area contributed by atoms with Crippen molar-refractivity contribution in [1.29, 1.82) is 0 Å². The van der Waals surface area contributed by atoms with Gasteiger partial charge in [0, 0.05) is 11.3 Å². The van der Waals surface area contributed by atoms with Crippen molar-refractivity contribution in [2.75, 3.05) is 33.3 Å². The van der Waals surface area contributed by atoms with E-state index in [-0.39, 0.29) is 17.1 Å². The van der Waals surface area contributed by atoms with E-state index in [9.17, 15) is 14.4 Å². The molecule has 0 aliphatic heterocycles. The highest BCUT2D eigenvalue weighted by Crippen LogP contribution is 2.38. The van der Waals surface area contributed by atoms with E-state index in [0.29, 0.717) is 17.0 Å². The summed E-state index contributed by atoms with van der Waals surface area (Å²) in [6, 6.07) is 8.81. The van der Waals surface area contributed by atoms with Gasteiger partial charge in [-0.15, -0.1) is 0 Å². The second-order valence-corrected chi connectivity index (χ2v) is 5.48. The molecule has 3 N–H and O–H groups in total. The Balaban J connectivity index is 2.01. The van der Waals surface area contributed by atoms with Crippen molar-refractivity contribution in [2.24, 2.45) is 5.73 Å². The normalized spacial score (nSPS) is 9.96. The van der Waals surface area contributed by atoms with Crippen LogP contribution in [0, 0.1) is 0 Å². The van der Waals surface area contributed by atoms with Crippen LogP contribution in [0.4, 0.5) is 5.69 Å². The highest BCUT2D eigenvalue weighted by atomic mass is 16.5. The Bertz CT molecular complexity index is 853. The average molecular weight is 388 g/mol. The molecular formula is C19H20N2O7. The van der Waals surface area contributed by atoms with Gasteiger partial charge in [0.15, 0.2) is 18.1 Å². The lowest BCUT2D eigenvalue weighted by atomic mass is 10.2. The highest BCUT2D eigenvalue weighted by molar-refractivity contribution is 5.97. The van der Waals surface area contributed by atoms with E-state index in [2.05, 4.69) is 5.32 Å². The van der Waals surface area contributed by atoms with Crippen molar-refractivity contribution in [2.45, 2.75) is 0 Å². The first-order valence-corrected chi connectivity index (χ1v) is 8.06. The predicted octanol–water partition coefficient (Wildman–Crippen LogP) is 1.61. The second-order valence-electron chi connectivity index (χ2n) is 5.48. The van der Waals surface area contributed by atoms with Crippen LogP contribution >= 0.6 is 0 Å². The van der Waals surface area contributed by atoms with Crippen LogP contribution in [0.5, 0.6) is 17.2 Å². The predicted molar refractivity (Wildman–Crippen MR) is 100.0 cm³/mol. The summed E-state index contributed by atoms with van der Waals surface area (Å²) in [5, 5.41) is 2.54. The number of ether oxygens (including phenoxy) is 4. The monoisotopic (exact) mass is 388 g/mol. The molecule has 2 aromatic rings. The van der Waals surface area contributed by atoms with Gasteiger partial charge in [-0.3, -0.25) is 9.59 Å². The number of carbonyl (C=O) groups excluding carboxylic acids is 3. The summed E-state index contributed by atoms with van der Waals surface area (Å²) >= 11 is 0. The number of primary amides is 1. The number of methoxy groups -OCH3 is 3. The van der Waals surface area contributed by atoms with E-state index in [1.54, 1.807) is 0 Å². The molecule has 2 amide bonds. The largest absolute Gasteiger partial charge is 0.493 e. The molecule has 148 valence electrons. The van der Waals surface area contributed by atoms with Crippen LogP contribution < -0.4 is 25.3 Å². The average Bonchev–Trinajstić information content (AvgIpc) is 2.71. The number of amides is 2. The Labute approximate surface area is 161 Å². The maximum absolute atomic E-state index is 12.3. The zero-order valence-electron chi connectivity index (χ0n) is 15.6. The van der Waals surface area contributed by atoms with Crippen molar-refractivity contribution in [3.05, 3.63) is 47.5 Å². The minimum Gasteiger partial charge on any atom is -0.493 e. The summed E-state index contributed by atoms with van der Waals surface area (Å²) in [6.07, 6.45) is 0. The lowest BCUT2D eigenvalue weighted by Gasteiger charge is -2.13.